The molecule has 0 amide bonds. The molecule has 0 aromatic carbocycles. The molecule has 1 N–H and O–H groups in total. The number of ether oxygens (including phenoxy) is 1. The summed E-state index contributed by atoms with van der Waals surface area (Å²) in [7, 11) is 0. The molecule has 0 bridgehead atoms. The molecule has 3 heteroatoms. The molecular formula is C17H36N2O. The zero-order valence-electron chi connectivity index (χ0n) is 14.2. The van der Waals surface area contributed by atoms with Gasteiger partial charge in [0.2, 0.25) is 0 Å². The van der Waals surface area contributed by atoms with Crippen molar-refractivity contribution in [3.8, 4) is 0 Å². The lowest BCUT2D eigenvalue weighted by Gasteiger charge is -2.32. The molecular weight excluding hydrogens is 248 g/mol. The van der Waals surface area contributed by atoms with Gasteiger partial charge in [-0.25, -0.2) is 0 Å². The van der Waals surface area contributed by atoms with Gasteiger partial charge >= 0.3 is 0 Å². The molecule has 120 valence electrons. The highest BCUT2D eigenvalue weighted by Gasteiger charge is 2.22. The molecule has 0 aromatic rings. The summed E-state index contributed by atoms with van der Waals surface area (Å²) in [6, 6.07) is 1.31. The van der Waals surface area contributed by atoms with Crippen LogP contribution in [0.15, 0.2) is 0 Å². The SMILES string of the molecule is CCCC1CC(NC(C)CCCN(CC)CC)CCO1. The van der Waals surface area contributed by atoms with E-state index in [4.69, 9.17) is 4.74 Å². The Morgan fingerprint density at radius 3 is 2.65 bits per heavy atom. The van der Waals surface area contributed by atoms with E-state index in [0.29, 0.717) is 18.2 Å². The number of rotatable bonds is 10. The number of nitrogens with zero attached hydrogens (tertiary/aromatic N) is 1. The van der Waals surface area contributed by atoms with Gasteiger partial charge in [0.1, 0.15) is 0 Å². The van der Waals surface area contributed by atoms with Crippen LogP contribution in [0.4, 0.5) is 0 Å². The lowest BCUT2D eigenvalue weighted by atomic mass is 9.99. The van der Waals surface area contributed by atoms with Crippen molar-refractivity contribution in [3.05, 3.63) is 0 Å². The first-order valence-electron chi connectivity index (χ1n) is 8.79. The van der Waals surface area contributed by atoms with Crippen LogP contribution in [-0.2, 0) is 4.74 Å². The standard InChI is InChI=1S/C17H36N2O/c1-5-9-17-14-16(11-13-20-17)18-15(4)10-8-12-19(6-2)7-3/h15-18H,5-14H2,1-4H3. The maximum absolute atomic E-state index is 5.83. The molecule has 1 fully saturated rings. The fourth-order valence-electron chi connectivity index (χ4n) is 3.20. The van der Waals surface area contributed by atoms with Crippen molar-refractivity contribution in [1.29, 1.82) is 0 Å². The van der Waals surface area contributed by atoms with Gasteiger partial charge in [0.15, 0.2) is 0 Å². The van der Waals surface area contributed by atoms with Crippen LogP contribution in [-0.4, -0.2) is 49.3 Å². The molecule has 0 saturated carbocycles. The average Bonchev–Trinajstić information content (AvgIpc) is 2.44. The van der Waals surface area contributed by atoms with Crippen molar-refractivity contribution in [2.75, 3.05) is 26.2 Å². The summed E-state index contributed by atoms with van der Waals surface area (Å²) >= 11 is 0. The summed E-state index contributed by atoms with van der Waals surface area (Å²) in [6.07, 6.45) is 7.92. The number of hydrogen-bond acceptors (Lipinski definition) is 3. The van der Waals surface area contributed by atoms with Gasteiger partial charge in [-0.1, -0.05) is 27.2 Å². The Bertz CT molecular complexity index is 229. The van der Waals surface area contributed by atoms with E-state index >= 15 is 0 Å². The van der Waals surface area contributed by atoms with E-state index in [9.17, 15) is 0 Å². The third-order valence-electron chi connectivity index (χ3n) is 4.50. The van der Waals surface area contributed by atoms with Crippen LogP contribution >= 0.6 is 0 Å². The molecule has 0 spiro atoms. The highest BCUT2D eigenvalue weighted by Crippen LogP contribution is 2.18. The lowest BCUT2D eigenvalue weighted by molar-refractivity contribution is -0.00487. The molecule has 3 unspecified atom stereocenters. The predicted molar refractivity (Wildman–Crippen MR) is 87.3 cm³/mol. The Kier molecular flexibility index (Phi) is 9.49. The van der Waals surface area contributed by atoms with E-state index in [1.165, 1.54) is 58.2 Å². The minimum atomic E-state index is 0.495. The monoisotopic (exact) mass is 284 g/mol. The van der Waals surface area contributed by atoms with E-state index in [-0.39, 0.29) is 0 Å². The summed E-state index contributed by atoms with van der Waals surface area (Å²) in [4.78, 5) is 2.51. The summed E-state index contributed by atoms with van der Waals surface area (Å²) in [5.74, 6) is 0. The van der Waals surface area contributed by atoms with Crippen molar-refractivity contribution >= 4 is 0 Å². The third kappa shape index (κ3) is 7.05. The fourth-order valence-corrected chi connectivity index (χ4v) is 3.20. The molecule has 0 radical (unpaired) electrons. The smallest absolute Gasteiger partial charge is 0.0589 e. The second-order valence-corrected chi connectivity index (χ2v) is 6.24. The van der Waals surface area contributed by atoms with Gasteiger partial charge in [0.25, 0.3) is 0 Å². The quantitative estimate of drug-likeness (QED) is 0.665. The van der Waals surface area contributed by atoms with Gasteiger partial charge in [-0.2, -0.15) is 0 Å². The first-order valence-corrected chi connectivity index (χ1v) is 8.79. The first-order chi connectivity index (χ1) is 9.69. The van der Waals surface area contributed by atoms with Crippen molar-refractivity contribution < 1.29 is 4.74 Å². The molecule has 3 nitrogen and oxygen atoms in total. The van der Waals surface area contributed by atoms with E-state index < -0.39 is 0 Å². The van der Waals surface area contributed by atoms with Crippen LogP contribution in [0, 0.1) is 0 Å². The van der Waals surface area contributed by atoms with Crippen LogP contribution < -0.4 is 5.32 Å². The van der Waals surface area contributed by atoms with Gasteiger partial charge in [-0.05, 0) is 58.7 Å². The maximum atomic E-state index is 5.83. The Morgan fingerprint density at radius 2 is 2.00 bits per heavy atom. The first kappa shape index (κ1) is 17.9. The van der Waals surface area contributed by atoms with E-state index in [1.54, 1.807) is 0 Å². The topological polar surface area (TPSA) is 24.5 Å². The van der Waals surface area contributed by atoms with Crippen molar-refractivity contribution in [2.45, 2.75) is 84.4 Å². The summed E-state index contributed by atoms with van der Waals surface area (Å²) in [5, 5.41) is 3.82. The predicted octanol–water partition coefficient (Wildman–Crippen LogP) is 3.43. The maximum Gasteiger partial charge on any atom is 0.0589 e. The second-order valence-electron chi connectivity index (χ2n) is 6.24. The molecule has 3 atom stereocenters. The molecule has 0 aromatic heterocycles. The lowest BCUT2D eigenvalue weighted by Crippen LogP contribution is -2.43. The zero-order valence-corrected chi connectivity index (χ0v) is 14.2. The van der Waals surface area contributed by atoms with Crippen molar-refractivity contribution in [1.82, 2.24) is 10.2 Å². The minimum absolute atomic E-state index is 0.495. The summed E-state index contributed by atoms with van der Waals surface area (Å²) < 4.78 is 5.83. The third-order valence-corrected chi connectivity index (χ3v) is 4.50. The fraction of sp³-hybridized carbons (Fsp3) is 1.00. The summed E-state index contributed by atoms with van der Waals surface area (Å²) in [5.41, 5.74) is 0. The van der Waals surface area contributed by atoms with E-state index in [2.05, 4.69) is 37.9 Å². The van der Waals surface area contributed by atoms with Crippen LogP contribution in [0.1, 0.15) is 66.2 Å². The Morgan fingerprint density at radius 1 is 1.25 bits per heavy atom. The average molecular weight is 284 g/mol. The van der Waals surface area contributed by atoms with Gasteiger partial charge in [0.05, 0.1) is 6.10 Å². The van der Waals surface area contributed by atoms with Gasteiger partial charge in [0, 0.05) is 18.7 Å². The highest BCUT2D eigenvalue weighted by atomic mass is 16.5. The Hall–Kier alpha value is -0.120. The number of nitrogens with one attached hydrogen (secondary N) is 1. The Labute approximate surface area is 126 Å². The van der Waals surface area contributed by atoms with Crippen LogP contribution in [0.3, 0.4) is 0 Å². The molecule has 1 saturated heterocycles. The van der Waals surface area contributed by atoms with Crippen LogP contribution in [0.5, 0.6) is 0 Å². The van der Waals surface area contributed by atoms with E-state index in [1.807, 2.05) is 0 Å². The largest absolute Gasteiger partial charge is 0.378 e. The molecule has 1 rings (SSSR count). The summed E-state index contributed by atoms with van der Waals surface area (Å²) in [6.45, 7) is 13.6. The van der Waals surface area contributed by atoms with Crippen LogP contribution in [0.25, 0.3) is 0 Å². The van der Waals surface area contributed by atoms with Gasteiger partial charge in [-0.3, -0.25) is 0 Å². The molecule has 1 heterocycles. The zero-order chi connectivity index (χ0) is 14.8. The molecule has 20 heavy (non-hydrogen) atoms. The molecule has 1 aliphatic heterocycles. The molecule has 1 aliphatic rings. The van der Waals surface area contributed by atoms with Crippen LogP contribution in [0.2, 0.25) is 0 Å². The van der Waals surface area contributed by atoms with E-state index in [0.717, 1.165) is 6.61 Å². The minimum Gasteiger partial charge on any atom is -0.378 e. The second kappa shape index (κ2) is 10.6. The number of hydrogen-bond donors (Lipinski definition) is 1. The Balaban J connectivity index is 2.16. The normalized spacial score (nSPS) is 25.1. The van der Waals surface area contributed by atoms with Crippen molar-refractivity contribution in [3.63, 3.8) is 0 Å². The molecule has 0 aliphatic carbocycles. The van der Waals surface area contributed by atoms with Gasteiger partial charge in [-0.15, -0.1) is 0 Å². The van der Waals surface area contributed by atoms with Gasteiger partial charge < -0.3 is 15.0 Å². The highest BCUT2D eigenvalue weighted by molar-refractivity contribution is 4.79. The van der Waals surface area contributed by atoms with Crippen molar-refractivity contribution in [2.24, 2.45) is 0 Å².